The number of rotatable bonds is 7. The van der Waals surface area contributed by atoms with E-state index in [1.54, 1.807) is 5.48 Å². The summed E-state index contributed by atoms with van der Waals surface area (Å²) in [6, 6.07) is 16.9. The number of nitrogens with one attached hydrogen (secondary N) is 1. The normalized spacial score (nSPS) is 15.7. The molecule has 5 nitrogen and oxygen atoms in total. The number of benzene rings is 2. The molecule has 1 heterocycles. The van der Waals surface area contributed by atoms with E-state index in [1.165, 1.54) is 12.8 Å². The molecule has 2 aromatic carbocycles. The molecule has 0 spiro atoms. The Labute approximate surface area is 148 Å². The van der Waals surface area contributed by atoms with Crippen molar-refractivity contribution in [3.63, 3.8) is 0 Å². The molecule has 3 rings (SSSR count). The average Bonchev–Trinajstić information content (AvgIpc) is 3.16. The Kier molecular flexibility index (Phi) is 6.04. The van der Waals surface area contributed by atoms with Crippen LogP contribution in [0.1, 0.15) is 29.9 Å². The van der Waals surface area contributed by atoms with Crippen LogP contribution in [0.4, 0.5) is 0 Å². The molecule has 1 aliphatic rings. The molecule has 1 aliphatic heterocycles. The van der Waals surface area contributed by atoms with Gasteiger partial charge in [0.15, 0.2) is 0 Å². The summed E-state index contributed by atoms with van der Waals surface area (Å²) in [6.07, 6.45) is 2.54. The number of amides is 1. The molecule has 0 aliphatic carbocycles. The van der Waals surface area contributed by atoms with Crippen LogP contribution in [0.5, 0.6) is 5.75 Å². The van der Waals surface area contributed by atoms with Crippen molar-refractivity contribution in [3.8, 4) is 5.75 Å². The third kappa shape index (κ3) is 4.59. The van der Waals surface area contributed by atoms with Crippen LogP contribution < -0.4 is 10.2 Å². The second kappa shape index (κ2) is 8.65. The van der Waals surface area contributed by atoms with Crippen LogP contribution in [-0.4, -0.2) is 42.3 Å². The van der Waals surface area contributed by atoms with Gasteiger partial charge in [0.25, 0.3) is 5.91 Å². The van der Waals surface area contributed by atoms with Gasteiger partial charge in [0.2, 0.25) is 0 Å². The fourth-order valence-corrected chi connectivity index (χ4v) is 3.29. The Morgan fingerprint density at radius 1 is 1.08 bits per heavy atom. The van der Waals surface area contributed by atoms with Gasteiger partial charge in [0.05, 0.1) is 5.92 Å². The zero-order chi connectivity index (χ0) is 17.5. The Balaban J connectivity index is 1.72. The molecule has 5 heteroatoms. The van der Waals surface area contributed by atoms with Crippen LogP contribution >= 0.6 is 0 Å². The first-order valence-electron chi connectivity index (χ1n) is 8.72. The lowest BCUT2D eigenvalue weighted by Gasteiger charge is -2.18. The number of likely N-dealkylation sites (tertiary alicyclic amines) is 1. The van der Waals surface area contributed by atoms with Gasteiger partial charge in [0, 0.05) is 6.54 Å². The van der Waals surface area contributed by atoms with Gasteiger partial charge in [-0.05, 0) is 49.2 Å². The first kappa shape index (κ1) is 17.5. The minimum atomic E-state index is -0.576. The molecule has 2 aromatic rings. The van der Waals surface area contributed by atoms with Gasteiger partial charge in [-0.3, -0.25) is 14.9 Å². The van der Waals surface area contributed by atoms with Gasteiger partial charge in [-0.25, -0.2) is 5.48 Å². The van der Waals surface area contributed by atoms with Crippen molar-refractivity contribution in [3.05, 3.63) is 65.7 Å². The molecule has 0 aromatic heterocycles. The molecule has 1 saturated heterocycles. The predicted octanol–water partition coefficient (Wildman–Crippen LogP) is 2.80. The third-order valence-electron chi connectivity index (χ3n) is 4.57. The van der Waals surface area contributed by atoms with Crippen molar-refractivity contribution >= 4 is 5.91 Å². The predicted molar refractivity (Wildman–Crippen MR) is 95.8 cm³/mol. The maximum atomic E-state index is 12.2. The first-order chi connectivity index (χ1) is 12.3. The van der Waals surface area contributed by atoms with Crippen LogP contribution in [-0.2, 0) is 4.79 Å². The summed E-state index contributed by atoms with van der Waals surface area (Å²) in [5.74, 6) is -0.294. The molecule has 1 amide bonds. The molecular weight excluding hydrogens is 316 g/mol. The molecule has 25 heavy (non-hydrogen) atoms. The molecule has 1 unspecified atom stereocenters. The van der Waals surface area contributed by atoms with E-state index in [2.05, 4.69) is 4.90 Å². The quantitative estimate of drug-likeness (QED) is 0.601. The molecule has 2 N–H and O–H groups in total. The maximum absolute atomic E-state index is 12.2. The van der Waals surface area contributed by atoms with Gasteiger partial charge in [-0.15, -0.1) is 0 Å². The van der Waals surface area contributed by atoms with Crippen LogP contribution in [0.2, 0.25) is 0 Å². The van der Waals surface area contributed by atoms with Gasteiger partial charge in [0.1, 0.15) is 12.4 Å². The summed E-state index contributed by atoms with van der Waals surface area (Å²) in [6.45, 7) is 3.85. The molecule has 0 bridgehead atoms. The van der Waals surface area contributed by atoms with E-state index >= 15 is 0 Å². The monoisotopic (exact) mass is 340 g/mol. The third-order valence-corrected chi connectivity index (χ3v) is 4.57. The number of nitrogens with zero attached hydrogens (tertiary/aromatic N) is 1. The van der Waals surface area contributed by atoms with Gasteiger partial charge < -0.3 is 4.74 Å². The summed E-state index contributed by atoms with van der Waals surface area (Å²) in [7, 11) is 0. The largest absolute Gasteiger partial charge is 0.492 e. The number of hydrogen-bond donors (Lipinski definition) is 2. The van der Waals surface area contributed by atoms with E-state index in [9.17, 15) is 4.79 Å². The lowest BCUT2D eigenvalue weighted by Crippen LogP contribution is -2.27. The second-order valence-corrected chi connectivity index (χ2v) is 6.29. The highest BCUT2D eigenvalue weighted by Crippen LogP contribution is 2.27. The smallest absolute Gasteiger partial charge is 0.255 e. The molecule has 132 valence electrons. The maximum Gasteiger partial charge on any atom is 0.255 e. The Morgan fingerprint density at radius 2 is 1.80 bits per heavy atom. The van der Waals surface area contributed by atoms with Gasteiger partial charge in [-0.1, -0.05) is 42.5 Å². The molecule has 1 atom stereocenters. The Hall–Kier alpha value is -2.37. The van der Waals surface area contributed by atoms with Gasteiger partial charge >= 0.3 is 0 Å². The highest BCUT2D eigenvalue weighted by atomic mass is 16.5. The second-order valence-electron chi connectivity index (χ2n) is 6.29. The van der Waals surface area contributed by atoms with E-state index < -0.39 is 11.8 Å². The zero-order valence-electron chi connectivity index (χ0n) is 14.2. The van der Waals surface area contributed by atoms with Crippen LogP contribution in [0.3, 0.4) is 0 Å². The van der Waals surface area contributed by atoms with E-state index in [0.29, 0.717) is 6.61 Å². The SMILES string of the molecule is O=C(NO)C(c1ccccc1)c1cccc(OCCN2CCCC2)c1. The number of hydrogen-bond acceptors (Lipinski definition) is 4. The lowest BCUT2D eigenvalue weighted by molar-refractivity contribution is -0.129. The molecule has 0 radical (unpaired) electrons. The minimum Gasteiger partial charge on any atom is -0.492 e. The molecule has 1 fully saturated rings. The number of carbonyl (C=O) groups excluding carboxylic acids is 1. The fraction of sp³-hybridized carbons (Fsp3) is 0.350. The standard InChI is InChI=1S/C20H24N2O3/c23-20(21-24)19(16-7-2-1-3-8-16)17-9-6-10-18(15-17)25-14-13-22-11-4-5-12-22/h1-3,6-10,15,19,24H,4-5,11-14H2,(H,21,23). The van der Waals surface area contributed by atoms with E-state index in [1.807, 2.05) is 54.6 Å². The number of ether oxygens (including phenoxy) is 1. The first-order valence-corrected chi connectivity index (χ1v) is 8.72. The fourth-order valence-electron chi connectivity index (χ4n) is 3.29. The molecule has 0 saturated carbocycles. The zero-order valence-corrected chi connectivity index (χ0v) is 14.2. The Morgan fingerprint density at radius 3 is 2.52 bits per heavy atom. The minimum absolute atomic E-state index is 0.458. The summed E-state index contributed by atoms with van der Waals surface area (Å²) in [4.78, 5) is 14.6. The lowest BCUT2D eigenvalue weighted by atomic mass is 9.90. The summed E-state index contributed by atoms with van der Waals surface area (Å²) in [5, 5.41) is 9.12. The highest BCUT2D eigenvalue weighted by molar-refractivity contribution is 5.86. The highest BCUT2D eigenvalue weighted by Gasteiger charge is 2.22. The van der Waals surface area contributed by atoms with Crippen molar-refractivity contribution < 1.29 is 14.7 Å². The van der Waals surface area contributed by atoms with Crippen molar-refractivity contribution in [2.75, 3.05) is 26.2 Å². The average molecular weight is 340 g/mol. The van der Waals surface area contributed by atoms with E-state index in [-0.39, 0.29) is 0 Å². The van der Waals surface area contributed by atoms with Crippen molar-refractivity contribution in [1.29, 1.82) is 0 Å². The number of hydroxylamine groups is 1. The summed E-state index contributed by atoms with van der Waals surface area (Å²) >= 11 is 0. The molecular formula is C20H24N2O3. The van der Waals surface area contributed by atoms with Crippen molar-refractivity contribution in [2.24, 2.45) is 0 Å². The van der Waals surface area contributed by atoms with Crippen molar-refractivity contribution in [2.45, 2.75) is 18.8 Å². The van der Waals surface area contributed by atoms with Crippen LogP contribution in [0.15, 0.2) is 54.6 Å². The van der Waals surface area contributed by atoms with Gasteiger partial charge in [-0.2, -0.15) is 0 Å². The topological polar surface area (TPSA) is 61.8 Å². The summed E-state index contributed by atoms with van der Waals surface area (Å²) < 4.78 is 5.87. The van der Waals surface area contributed by atoms with Crippen LogP contribution in [0.25, 0.3) is 0 Å². The van der Waals surface area contributed by atoms with Crippen LogP contribution in [0, 0.1) is 0 Å². The van der Waals surface area contributed by atoms with E-state index in [0.717, 1.165) is 36.5 Å². The number of carbonyl (C=O) groups is 1. The summed E-state index contributed by atoms with van der Waals surface area (Å²) in [5.41, 5.74) is 3.39. The van der Waals surface area contributed by atoms with Crippen molar-refractivity contribution in [1.82, 2.24) is 10.4 Å². The Bertz CT molecular complexity index is 684. The van der Waals surface area contributed by atoms with E-state index in [4.69, 9.17) is 9.94 Å².